The number of amides is 1. The normalized spacial score (nSPS) is 11.4. The molecule has 0 aliphatic heterocycles. The summed E-state index contributed by atoms with van der Waals surface area (Å²) in [5.74, 6) is 0.0652. The zero-order valence-corrected chi connectivity index (χ0v) is 11.1. The molecule has 1 aromatic heterocycles. The van der Waals surface area contributed by atoms with Crippen LogP contribution < -0.4 is 11.1 Å². The van der Waals surface area contributed by atoms with Crippen LogP contribution in [-0.4, -0.2) is 22.4 Å². The molecule has 0 aliphatic rings. The van der Waals surface area contributed by atoms with Gasteiger partial charge in [0.05, 0.1) is 17.0 Å². The Labute approximate surface area is 102 Å². The van der Waals surface area contributed by atoms with Gasteiger partial charge in [-0.3, -0.25) is 4.79 Å². The van der Waals surface area contributed by atoms with Gasteiger partial charge in [0, 0.05) is 12.0 Å². The van der Waals surface area contributed by atoms with Gasteiger partial charge in [0.15, 0.2) is 0 Å². The predicted molar refractivity (Wildman–Crippen MR) is 67.9 cm³/mol. The number of nitrogens with zero attached hydrogens (tertiary/aromatic N) is 2. The standard InChI is InChI=1S/C12H20N4O/c1-6-14-10(17)8-7(2)15-11(13)16-9(8)12(3,4)5/h6H2,1-5H3,(H,14,17)(H2,13,15,16). The van der Waals surface area contributed by atoms with Crippen LogP contribution in [0.4, 0.5) is 5.95 Å². The van der Waals surface area contributed by atoms with E-state index in [1.807, 2.05) is 27.7 Å². The molecule has 0 atom stereocenters. The molecule has 1 heterocycles. The van der Waals surface area contributed by atoms with Crippen LogP contribution in [0.2, 0.25) is 0 Å². The number of nitrogens with two attached hydrogens (primary N) is 1. The van der Waals surface area contributed by atoms with Crippen LogP contribution in [0.25, 0.3) is 0 Å². The zero-order valence-electron chi connectivity index (χ0n) is 11.1. The maximum Gasteiger partial charge on any atom is 0.255 e. The lowest BCUT2D eigenvalue weighted by atomic mass is 9.87. The van der Waals surface area contributed by atoms with E-state index in [1.54, 1.807) is 6.92 Å². The quantitative estimate of drug-likeness (QED) is 0.813. The largest absolute Gasteiger partial charge is 0.368 e. The summed E-state index contributed by atoms with van der Waals surface area (Å²) < 4.78 is 0. The van der Waals surface area contributed by atoms with Crippen molar-refractivity contribution in [3.05, 3.63) is 17.0 Å². The number of anilines is 1. The number of nitrogens with one attached hydrogen (secondary N) is 1. The lowest BCUT2D eigenvalue weighted by molar-refractivity contribution is 0.0952. The van der Waals surface area contributed by atoms with Gasteiger partial charge in [-0.2, -0.15) is 0 Å². The molecule has 1 aromatic rings. The summed E-state index contributed by atoms with van der Waals surface area (Å²) in [6.45, 7) is 10.2. The number of hydrogen-bond donors (Lipinski definition) is 2. The molecule has 94 valence electrons. The Morgan fingerprint density at radius 2 is 1.94 bits per heavy atom. The number of carbonyl (C=O) groups excluding carboxylic acids is 1. The van der Waals surface area contributed by atoms with E-state index >= 15 is 0 Å². The molecule has 5 heteroatoms. The number of aryl methyl sites for hydroxylation is 1. The first-order valence-corrected chi connectivity index (χ1v) is 5.70. The van der Waals surface area contributed by atoms with Crippen molar-refractivity contribution in [3.8, 4) is 0 Å². The number of rotatable bonds is 2. The molecule has 0 aromatic carbocycles. The SMILES string of the molecule is CCNC(=O)c1c(C)nc(N)nc1C(C)(C)C. The van der Waals surface area contributed by atoms with E-state index in [1.165, 1.54) is 0 Å². The molecule has 0 aliphatic carbocycles. The lowest BCUT2D eigenvalue weighted by Gasteiger charge is -2.22. The third kappa shape index (κ3) is 2.93. The van der Waals surface area contributed by atoms with Gasteiger partial charge in [0.25, 0.3) is 5.91 Å². The lowest BCUT2D eigenvalue weighted by Crippen LogP contribution is -2.29. The van der Waals surface area contributed by atoms with Crippen LogP contribution in [-0.2, 0) is 5.41 Å². The van der Waals surface area contributed by atoms with Crippen molar-refractivity contribution in [2.75, 3.05) is 12.3 Å². The average molecular weight is 236 g/mol. The zero-order chi connectivity index (χ0) is 13.2. The minimum absolute atomic E-state index is 0.144. The van der Waals surface area contributed by atoms with Gasteiger partial charge in [-0.25, -0.2) is 9.97 Å². The first-order chi connectivity index (χ1) is 7.77. The fourth-order valence-electron chi connectivity index (χ4n) is 1.66. The topological polar surface area (TPSA) is 80.9 Å². The summed E-state index contributed by atoms with van der Waals surface area (Å²) in [5, 5.41) is 2.77. The van der Waals surface area contributed by atoms with Crippen molar-refractivity contribution in [1.29, 1.82) is 0 Å². The maximum absolute atomic E-state index is 12.0. The number of nitrogen functional groups attached to an aromatic ring is 1. The highest BCUT2D eigenvalue weighted by atomic mass is 16.1. The van der Waals surface area contributed by atoms with Gasteiger partial charge in [0.1, 0.15) is 0 Å². The highest BCUT2D eigenvalue weighted by Gasteiger charge is 2.26. The summed E-state index contributed by atoms with van der Waals surface area (Å²) >= 11 is 0. The molecule has 0 unspecified atom stereocenters. The van der Waals surface area contributed by atoms with E-state index in [-0.39, 0.29) is 17.3 Å². The van der Waals surface area contributed by atoms with Crippen LogP contribution in [0.15, 0.2) is 0 Å². The molecule has 0 bridgehead atoms. The summed E-state index contributed by atoms with van der Waals surface area (Å²) in [4.78, 5) is 20.3. The Kier molecular flexibility index (Phi) is 3.70. The van der Waals surface area contributed by atoms with Crippen molar-refractivity contribution >= 4 is 11.9 Å². The smallest absolute Gasteiger partial charge is 0.255 e. The van der Waals surface area contributed by atoms with Crippen molar-refractivity contribution in [3.63, 3.8) is 0 Å². The third-order valence-corrected chi connectivity index (χ3v) is 2.38. The molecule has 0 saturated heterocycles. The van der Waals surface area contributed by atoms with Gasteiger partial charge in [-0.1, -0.05) is 20.8 Å². The Balaban J connectivity index is 3.41. The number of hydrogen-bond acceptors (Lipinski definition) is 4. The fraction of sp³-hybridized carbons (Fsp3) is 0.583. The van der Waals surface area contributed by atoms with E-state index in [2.05, 4.69) is 15.3 Å². The van der Waals surface area contributed by atoms with Gasteiger partial charge in [0.2, 0.25) is 5.95 Å². The Bertz CT molecular complexity index is 435. The average Bonchev–Trinajstić information content (AvgIpc) is 2.15. The predicted octanol–water partition coefficient (Wildman–Crippen LogP) is 1.41. The molecule has 0 spiro atoms. The van der Waals surface area contributed by atoms with Crippen molar-refractivity contribution < 1.29 is 4.79 Å². The van der Waals surface area contributed by atoms with E-state index in [0.29, 0.717) is 23.5 Å². The van der Waals surface area contributed by atoms with Gasteiger partial charge < -0.3 is 11.1 Å². The van der Waals surface area contributed by atoms with Crippen LogP contribution >= 0.6 is 0 Å². The third-order valence-electron chi connectivity index (χ3n) is 2.38. The summed E-state index contributed by atoms with van der Waals surface area (Å²) in [5.41, 5.74) is 7.24. The molecule has 1 amide bonds. The number of carbonyl (C=O) groups is 1. The summed E-state index contributed by atoms with van der Waals surface area (Å²) in [7, 11) is 0. The second kappa shape index (κ2) is 4.69. The highest BCUT2D eigenvalue weighted by molar-refractivity contribution is 5.96. The molecule has 0 saturated carbocycles. The summed E-state index contributed by atoms with van der Waals surface area (Å²) in [6, 6.07) is 0. The first kappa shape index (κ1) is 13.4. The Morgan fingerprint density at radius 1 is 1.35 bits per heavy atom. The van der Waals surface area contributed by atoms with E-state index in [4.69, 9.17) is 5.73 Å². The molecular weight excluding hydrogens is 216 g/mol. The van der Waals surface area contributed by atoms with Crippen molar-refractivity contribution in [1.82, 2.24) is 15.3 Å². The van der Waals surface area contributed by atoms with E-state index in [0.717, 1.165) is 0 Å². The molecule has 1 rings (SSSR count). The summed E-state index contributed by atoms with van der Waals surface area (Å²) in [6.07, 6.45) is 0. The Hall–Kier alpha value is -1.65. The highest BCUT2D eigenvalue weighted by Crippen LogP contribution is 2.26. The Morgan fingerprint density at radius 3 is 2.41 bits per heavy atom. The minimum atomic E-state index is -0.248. The van der Waals surface area contributed by atoms with E-state index in [9.17, 15) is 4.79 Å². The number of aromatic nitrogens is 2. The van der Waals surface area contributed by atoms with Crippen LogP contribution in [0.5, 0.6) is 0 Å². The second-order valence-corrected chi connectivity index (χ2v) is 5.00. The van der Waals surface area contributed by atoms with Gasteiger partial charge in [-0.05, 0) is 13.8 Å². The van der Waals surface area contributed by atoms with Gasteiger partial charge >= 0.3 is 0 Å². The fourth-order valence-corrected chi connectivity index (χ4v) is 1.66. The van der Waals surface area contributed by atoms with Crippen molar-refractivity contribution in [2.45, 2.75) is 40.0 Å². The first-order valence-electron chi connectivity index (χ1n) is 5.70. The van der Waals surface area contributed by atoms with Crippen LogP contribution in [0.1, 0.15) is 49.4 Å². The second-order valence-electron chi connectivity index (χ2n) is 5.00. The van der Waals surface area contributed by atoms with E-state index < -0.39 is 0 Å². The molecule has 0 fully saturated rings. The van der Waals surface area contributed by atoms with Crippen LogP contribution in [0.3, 0.4) is 0 Å². The maximum atomic E-state index is 12.0. The molecule has 3 N–H and O–H groups in total. The van der Waals surface area contributed by atoms with Crippen LogP contribution in [0, 0.1) is 6.92 Å². The monoisotopic (exact) mass is 236 g/mol. The minimum Gasteiger partial charge on any atom is -0.368 e. The molecule has 0 radical (unpaired) electrons. The molecule has 17 heavy (non-hydrogen) atoms. The van der Waals surface area contributed by atoms with Crippen molar-refractivity contribution in [2.24, 2.45) is 0 Å². The molecule has 5 nitrogen and oxygen atoms in total. The molecular formula is C12H20N4O. The van der Waals surface area contributed by atoms with Gasteiger partial charge in [-0.15, -0.1) is 0 Å².